The molecule has 2 N–H and O–H groups in total. The Balaban J connectivity index is 1.24. The number of alkyl halides is 3. The lowest BCUT2D eigenvalue weighted by Gasteiger charge is -2.38. The van der Waals surface area contributed by atoms with Crippen LogP contribution in [0.4, 0.5) is 18.9 Å². The van der Waals surface area contributed by atoms with Crippen LogP contribution in [-0.2, 0) is 45.4 Å². The number of benzene rings is 1. The molecule has 14 nitrogen and oxygen atoms in total. The number of piperidine rings is 1. The fourth-order valence-corrected chi connectivity index (χ4v) is 7.54. The average Bonchev–Trinajstić information content (AvgIpc) is 3.71. The van der Waals surface area contributed by atoms with E-state index in [1.54, 1.807) is 10.6 Å². The predicted molar refractivity (Wildman–Crippen MR) is 178 cm³/mol. The number of aromatic nitrogens is 5. The molecule has 0 saturated carbocycles. The van der Waals surface area contributed by atoms with Gasteiger partial charge in [0.25, 0.3) is 11.5 Å². The van der Waals surface area contributed by atoms with Crippen molar-refractivity contribution in [1.29, 1.82) is 0 Å². The Morgan fingerprint density at radius 1 is 1.18 bits per heavy atom. The van der Waals surface area contributed by atoms with Gasteiger partial charge in [0.15, 0.2) is 11.5 Å². The number of aromatic hydroxyl groups is 1. The number of hydrogen-bond acceptors (Lipinski definition) is 9. The van der Waals surface area contributed by atoms with Gasteiger partial charge in [-0.3, -0.25) is 14.4 Å². The number of nitrogens with one attached hydrogen (secondary N) is 1. The summed E-state index contributed by atoms with van der Waals surface area (Å²) in [6.45, 7) is 0.698. The van der Waals surface area contributed by atoms with Gasteiger partial charge in [0, 0.05) is 38.6 Å². The van der Waals surface area contributed by atoms with E-state index >= 15 is 0 Å². The summed E-state index contributed by atoms with van der Waals surface area (Å²) in [5, 5.41) is 17.0. The van der Waals surface area contributed by atoms with Crippen molar-refractivity contribution in [3.8, 4) is 5.75 Å². The van der Waals surface area contributed by atoms with Crippen LogP contribution in [-0.4, -0.2) is 86.9 Å². The number of rotatable bonds is 6. The molecular weight excluding hydrogens is 717 g/mol. The van der Waals surface area contributed by atoms with Crippen LogP contribution < -0.4 is 10.9 Å². The standard InChI is InChI=1S/C32H30ClF3N8O6S/c1-51(49)42-11-6-18(7-12-42)27-39-30-43(16-24(46)38-21-5-4-19(15-20(21)33)32(34,35)36)22-17-50-31(25(22)28(47)44(30)40-27)8-13-41(14-9-31)29(48)26-23(45)3-2-10-37-26/h2-6,10,15,45H,7-9,11-14,16-17H2,1H3,(H,38,46). The topological polar surface area (TPSA) is 164 Å². The van der Waals surface area contributed by atoms with E-state index in [1.807, 2.05) is 6.08 Å². The molecule has 3 aliphatic heterocycles. The maximum absolute atomic E-state index is 14.3. The summed E-state index contributed by atoms with van der Waals surface area (Å²) >= 11 is 6.11. The first-order chi connectivity index (χ1) is 24.3. The number of halogens is 4. The number of hydrogen-bond donors (Lipinski definition) is 2. The number of carbonyl (C=O) groups excluding carboxylic acids is 2. The van der Waals surface area contributed by atoms with E-state index in [-0.39, 0.29) is 71.9 Å². The Bertz CT molecular complexity index is 2200. The van der Waals surface area contributed by atoms with Crippen LogP contribution in [0.5, 0.6) is 5.75 Å². The lowest BCUT2D eigenvalue weighted by molar-refractivity contribution is -0.137. The number of nitrogens with zero attached hydrogens (tertiary/aromatic N) is 7. The van der Waals surface area contributed by atoms with Crippen molar-refractivity contribution < 1.29 is 36.8 Å². The summed E-state index contributed by atoms with van der Waals surface area (Å²) in [7, 11) is -1.18. The zero-order valence-corrected chi connectivity index (χ0v) is 28.5. The van der Waals surface area contributed by atoms with Gasteiger partial charge in [0.05, 0.1) is 45.1 Å². The summed E-state index contributed by atoms with van der Waals surface area (Å²) < 4.78 is 62.3. The first-order valence-corrected chi connectivity index (χ1v) is 17.7. The number of anilines is 1. The largest absolute Gasteiger partial charge is 0.505 e. The van der Waals surface area contributed by atoms with E-state index in [0.717, 1.165) is 22.2 Å². The van der Waals surface area contributed by atoms with Crippen molar-refractivity contribution >= 4 is 51.4 Å². The third-order valence-corrected chi connectivity index (χ3v) is 10.7. The predicted octanol–water partition coefficient (Wildman–Crippen LogP) is 3.35. The summed E-state index contributed by atoms with van der Waals surface area (Å²) in [5.74, 6) is -1.09. The number of pyridine rings is 1. The van der Waals surface area contributed by atoms with Crippen molar-refractivity contribution in [2.45, 2.75) is 44.2 Å². The quantitative estimate of drug-likeness (QED) is 0.301. The molecule has 268 valence electrons. The van der Waals surface area contributed by atoms with Gasteiger partial charge in [0.1, 0.15) is 17.9 Å². The molecular formula is C32H30ClF3N8O6S. The molecule has 1 atom stereocenters. The number of likely N-dealkylation sites (tertiary alicyclic amines) is 1. The van der Waals surface area contributed by atoms with Gasteiger partial charge < -0.3 is 24.6 Å². The van der Waals surface area contributed by atoms with E-state index in [0.29, 0.717) is 31.3 Å². The Hall–Kier alpha value is -4.65. The highest BCUT2D eigenvalue weighted by atomic mass is 35.5. The van der Waals surface area contributed by atoms with Crippen molar-refractivity contribution in [1.82, 2.24) is 33.4 Å². The van der Waals surface area contributed by atoms with Crippen LogP contribution in [0, 0.1) is 0 Å². The SMILES string of the molecule is CS(=O)N1CC=C(c2nc3n(CC(=O)Nc4ccc(C(F)(F)F)cc4Cl)c4c(c(=O)n3n2)C2(CCN(C(=O)c3ncccc3O)CC2)OC4)CC1. The van der Waals surface area contributed by atoms with Gasteiger partial charge >= 0.3 is 6.18 Å². The smallest absolute Gasteiger partial charge is 0.416 e. The summed E-state index contributed by atoms with van der Waals surface area (Å²) in [5.41, 5.74) is -1.41. The van der Waals surface area contributed by atoms with Gasteiger partial charge in [-0.2, -0.15) is 22.7 Å². The minimum absolute atomic E-state index is 0.0422. The molecule has 3 aromatic heterocycles. The van der Waals surface area contributed by atoms with Crippen molar-refractivity contribution in [2.75, 3.05) is 37.8 Å². The zero-order chi connectivity index (χ0) is 36.2. The van der Waals surface area contributed by atoms with E-state index in [9.17, 15) is 36.9 Å². The van der Waals surface area contributed by atoms with Crippen LogP contribution in [0.25, 0.3) is 11.4 Å². The van der Waals surface area contributed by atoms with E-state index in [1.165, 1.54) is 27.8 Å². The number of carbonyl (C=O) groups is 2. The first kappa shape index (κ1) is 34.8. The molecule has 0 radical (unpaired) electrons. The highest BCUT2D eigenvalue weighted by Crippen LogP contribution is 2.43. The van der Waals surface area contributed by atoms with Crippen LogP contribution >= 0.6 is 11.6 Å². The molecule has 51 heavy (non-hydrogen) atoms. The van der Waals surface area contributed by atoms with Crippen LogP contribution in [0.2, 0.25) is 5.02 Å². The fraction of sp³-hybridized carbons (Fsp3) is 0.375. The molecule has 0 bridgehead atoms. The normalized spacial score (nSPS) is 18.1. The lowest BCUT2D eigenvalue weighted by atomic mass is 9.85. The molecule has 19 heteroatoms. The maximum Gasteiger partial charge on any atom is 0.416 e. The second-order valence-corrected chi connectivity index (χ2v) is 14.1. The van der Waals surface area contributed by atoms with Crippen LogP contribution in [0.1, 0.15) is 52.4 Å². The molecule has 6 heterocycles. The van der Waals surface area contributed by atoms with Crippen molar-refractivity contribution in [3.63, 3.8) is 0 Å². The molecule has 7 rings (SSSR count). The van der Waals surface area contributed by atoms with Crippen LogP contribution in [0.3, 0.4) is 0 Å². The monoisotopic (exact) mass is 746 g/mol. The van der Waals surface area contributed by atoms with Gasteiger partial charge in [0.2, 0.25) is 11.7 Å². The van der Waals surface area contributed by atoms with Gasteiger partial charge in [-0.25, -0.2) is 13.5 Å². The van der Waals surface area contributed by atoms with E-state index in [4.69, 9.17) is 16.3 Å². The minimum atomic E-state index is -4.63. The Labute approximate surface area is 295 Å². The van der Waals surface area contributed by atoms with Crippen molar-refractivity contribution in [2.24, 2.45) is 0 Å². The molecule has 1 unspecified atom stereocenters. The molecule has 4 aromatic rings. The van der Waals surface area contributed by atoms with Crippen molar-refractivity contribution in [3.05, 3.63) is 86.3 Å². The zero-order valence-electron chi connectivity index (χ0n) is 26.9. The molecule has 0 aliphatic carbocycles. The minimum Gasteiger partial charge on any atom is -0.505 e. The number of fused-ring (bicyclic) bond motifs is 3. The summed E-state index contributed by atoms with van der Waals surface area (Å²) in [6.07, 6.45) is 1.08. The third kappa shape index (κ3) is 6.41. The van der Waals surface area contributed by atoms with Gasteiger partial charge in [-0.05, 0) is 55.2 Å². The van der Waals surface area contributed by atoms with E-state index in [2.05, 4.69) is 20.4 Å². The second kappa shape index (κ2) is 13.2. The highest BCUT2D eigenvalue weighted by Gasteiger charge is 2.48. The Kier molecular flexibility index (Phi) is 8.97. The van der Waals surface area contributed by atoms with Gasteiger partial charge in [-0.15, -0.1) is 5.10 Å². The summed E-state index contributed by atoms with van der Waals surface area (Å²) in [4.78, 5) is 51.1. The van der Waals surface area contributed by atoms with E-state index < -0.39 is 52.2 Å². The molecule has 1 aromatic carbocycles. The first-order valence-electron chi connectivity index (χ1n) is 15.8. The molecule has 2 amide bonds. The fourth-order valence-electron chi connectivity index (χ4n) is 6.68. The molecule has 3 aliphatic rings. The average molecular weight is 747 g/mol. The Morgan fingerprint density at radius 3 is 2.59 bits per heavy atom. The molecule has 1 spiro atoms. The number of ether oxygens (including phenoxy) is 1. The molecule has 1 fully saturated rings. The lowest BCUT2D eigenvalue weighted by Crippen LogP contribution is -2.47. The van der Waals surface area contributed by atoms with Gasteiger partial charge in [-0.1, -0.05) is 17.7 Å². The maximum atomic E-state index is 14.3. The number of amides is 2. The second-order valence-electron chi connectivity index (χ2n) is 12.3. The molecule has 1 saturated heterocycles. The Morgan fingerprint density at radius 2 is 1.94 bits per heavy atom. The summed E-state index contributed by atoms with van der Waals surface area (Å²) in [6, 6.07) is 5.46. The van der Waals surface area contributed by atoms with Crippen LogP contribution in [0.15, 0.2) is 47.4 Å². The highest BCUT2D eigenvalue weighted by molar-refractivity contribution is 7.81. The third-order valence-electron chi connectivity index (χ3n) is 9.34.